The molecule has 4 rings (SSSR count). The number of carbonyl (C=O) groups is 2. The van der Waals surface area contributed by atoms with Gasteiger partial charge in [0.2, 0.25) is 5.91 Å². The molecule has 0 atom stereocenters. The Morgan fingerprint density at radius 2 is 1.81 bits per heavy atom. The molecule has 1 aromatic rings. The van der Waals surface area contributed by atoms with Gasteiger partial charge >= 0.3 is 0 Å². The number of pyridine rings is 1. The normalized spacial score (nSPS) is 22.8. The van der Waals surface area contributed by atoms with Crippen molar-refractivity contribution >= 4 is 11.8 Å². The predicted octanol–water partition coefficient (Wildman–Crippen LogP) is 2.08. The lowest BCUT2D eigenvalue weighted by Crippen LogP contribution is -2.55. The monoisotopic (exact) mass is 370 g/mol. The summed E-state index contributed by atoms with van der Waals surface area (Å²) >= 11 is 0. The first-order valence-corrected chi connectivity index (χ1v) is 10.3. The van der Waals surface area contributed by atoms with E-state index in [0.717, 1.165) is 51.1 Å². The molecule has 146 valence electrons. The van der Waals surface area contributed by atoms with E-state index in [1.807, 2.05) is 24.0 Å². The van der Waals surface area contributed by atoms with E-state index in [1.165, 1.54) is 25.9 Å². The van der Waals surface area contributed by atoms with Gasteiger partial charge in [0.25, 0.3) is 5.91 Å². The molecule has 0 aliphatic carbocycles. The molecular weight excluding hydrogens is 340 g/mol. The molecule has 1 aromatic heterocycles. The van der Waals surface area contributed by atoms with Crippen LogP contribution >= 0.6 is 0 Å². The highest BCUT2D eigenvalue weighted by Gasteiger charge is 2.47. The van der Waals surface area contributed by atoms with Gasteiger partial charge in [0.1, 0.15) is 0 Å². The largest absolute Gasteiger partial charge is 0.338 e. The van der Waals surface area contributed by atoms with E-state index in [-0.39, 0.29) is 11.4 Å². The molecule has 2 amide bonds. The van der Waals surface area contributed by atoms with Gasteiger partial charge in [0, 0.05) is 50.0 Å². The Kier molecular flexibility index (Phi) is 5.17. The number of hydrogen-bond donors (Lipinski definition) is 0. The van der Waals surface area contributed by atoms with Gasteiger partial charge in [-0.3, -0.25) is 14.6 Å². The molecule has 0 unspecified atom stereocenters. The topological polar surface area (TPSA) is 56.8 Å². The van der Waals surface area contributed by atoms with Crippen molar-refractivity contribution in [3.8, 4) is 0 Å². The van der Waals surface area contributed by atoms with Gasteiger partial charge < -0.3 is 14.7 Å². The van der Waals surface area contributed by atoms with Crippen LogP contribution in [0.25, 0.3) is 0 Å². The van der Waals surface area contributed by atoms with E-state index < -0.39 is 0 Å². The molecule has 3 aliphatic heterocycles. The molecule has 6 nitrogen and oxygen atoms in total. The average Bonchev–Trinajstić information content (AvgIpc) is 3.30. The Hall–Kier alpha value is -1.95. The van der Waals surface area contributed by atoms with Crippen molar-refractivity contribution < 1.29 is 9.59 Å². The number of aromatic nitrogens is 1. The van der Waals surface area contributed by atoms with Crippen LogP contribution in [0.4, 0.5) is 0 Å². The fraction of sp³-hybridized carbons (Fsp3) is 0.667. The standard InChI is InChI=1S/C21H30N4O2/c1-17-4-5-18(16-22-17)20(27)24-12-8-21(9-13-24)7-6-19(26)25(21)15-14-23-10-2-3-11-23/h4-5,16H,2-3,6-15H2,1H3. The van der Waals surface area contributed by atoms with Crippen molar-refractivity contribution in [3.63, 3.8) is 0 Å². The summed E-state index contributed by atoms with van der Waals surface area (Å²) in [5.41, 5.74) is 1.55. The van der Waals surface area contributed by atoms with Gasteiger partial charge in [-0.05, 0) is 64.3 Å². The first-order chi connectivity index (χ1) is 13.1. The second kappa shape index (κ2) is 7.58. The van der Waals surface area contributed by atoms with Crippen molar-refractivity contribution in [2.75, 3.05) is 39.3 Å². The van der Waals surface area contributed by atoms with Crippen molar-refractivity contribution in [2.45, 2.75) is 51.0 Å². The van der Waals surface area contributed by atoms with Gasteiger partial charge in [-0.25, -0.2) is 0 Å². The van der Waals surface area contributed by atoms with E-state index in [4.69, 9.17) is 0 Å². The SMILES string of the molecule is Cc1ccc(C(=O)N2CCC3(CCC(=O)N3CCN3CCCC3)CC2)cn1. The minimum Gasteiger partial charge on any atom is -0.338 e. The van der Waals surface area contributed by atoms with Gasteiger partial charge in [-0.15, -0.1) is 0 Å². The number of piperidine rings is 1. The summed E-state index contributed by atoms with van der Waals surface area (Å²) in [5, 5.41) is 0. The highest BCUT2D eigenvalue weighted by atomic mass is 16.2. The van der Waals surface area contributed by atoms with E-state index in [1.54, 1.807) is 6.20 Å². The zero-order valence-corrected chi connectivity index (χ0v) is 16.3. The number of hydrogen-bond acceptors (Lipinski definition) is 4. The summed E-state index contributed by atoms with van der Waals surface area (Å²) in [6.07, 6.45) is 7.63. The third kappa shape index (κ3) is 3.72. The Balaban J connectivity index is 1.37. The molecule has 0 N–H and O–H groups in total. The zero-order chi connectivity index (χ0) is 18.9. The highest BCUT2D eigenvalue weighted by Crippen LogP contribution is 2.39. The smallest absolute Gasteiger partial charge is 0.255 e. The number of rotatable bonds is 4. The first kappa shape index (κ1) is 18.4. The summed E-state index contributed by atoms with van der Waals surface area (Å²) in [7, 11) is 0. The summed E-state index contributed by atoms with van der Waals surface area (Å²) in [5.74, 6) is 0.363. The lowest BCUT2D eigenvalue weighted by atomic mass is 9.84. The summed E-state index contributed by atoms with van der Waals surface area (Å²) < 4.78 is 0. The molecule has 3 aliphatic rings. The van der Waals surface area contributed by atoms with E-state index in [2.05, 4.69) is 14.8 Å². The van der Waals surface area contributed by atoms with E-state index >= 15 is 0 Å². The molecule has 0 saturated carbocycles. The van der Waals surface area contributed by atoms with Crippen LogP contribution in [0.3, 0.4) is 0 Å². The van der Waals surface area contributed by atoms with Gasteiger partial charge in [-0.1, -0.05) is 0 Å². The molecule has 3 saturated heterocycles. The van der Waals surface area contributed by atoms with Crippen LogP contribution in [0.15, 0.2) is 18.3 Å². The average molecular weight is 370 g/mol. The number of aryl methyl sites for hydroxylation is 1. The maximum atomic E-state index is 12.8. The second-order valence-corrected chi connectivity index (χ2v) is 8.30. The molecule has 6 heteroatoms. The molecule has 0 aromatic carbocycles. The summed E-state index contributed by atoms with van der Waals surface area (Å²) in [4.78, 5) is 36.1. The number of likely N-dealkylation sites (tertiary alicyclic amines) is 3. The van der Waals surface area contributed by atoms with Crippen molar-refractivity contribution in [3.05, 3.63) is 29.6 Å². The van der Waals surface area contributed by atoms with E-state index in [0.29, 0.717) is 17.9 Å². The number of amides is 2. The van der Waals surface area contributed by atoms with E-state index in [9.17, 15) is 9.59 Å². The van der Waals surface area contributed by atoms with Crippen LogP contribution in [0.1, 0.15) is 54.6 Å². The fourth-order valence-corrected chi connectivity index (χ4v) is 4.91. The summed E-state index contributed by atoms with van der Waals surface area (Å²) in [6, 6.07) is 3.74. The lowest BCUT2D eigenvalue weighted by molar-refractivity contribution is -0.132. The molecule has 0 radical (unpaired) electrons. The number of nitrogens with zero attached hydrogens (tertiary/aromatic N) is 4. The van der Waals surface area contributed by atoms with Crippen LogP contribution in [-0.4, -0.2) is 76.3 Å². The Labute approximate surface area is 161 Å². The molecular formula is C21H30N4O2. The Morgan fingerprint density at radius 3 is 2.48 bits per heavy atom. The van der Waals surface area contributed by atoms with Crippen molar-refractivity contribution in [1.82, 2.24) is 19.7 Å². The molecule has 3 fully saturated rings. The van der Waals surface area contributed by atoms with Crippen molar-refractivity contribution in [1.29, 1.82) is 0 Å². The maximum absolute atomic E-state index is 12.8. The van der Waals surface area contributed by atoms with Crippen LogP contribution in [0.2, 0.25) is 0 Å². The van der Waals surface area contributed by atoms with Crippen molar-refractivity contribution in [2.24, 2.45) is 0 Å². The first-order valence-electron chi connectivity index (χ1n) is 10.3. The highest BCUT2D eigenvalue weighted by molar-refractivity contribution is 5.94. The van der Waals surface area contributed by atoms with Gasteiger partial charge in [0.15, 0.2) is 0 Å². The molecule has 1 spiro atoms. The quantitative estimate of drug-likeness (QED) is 0.814. The Morgan fingerprint density at radius 1 is 1.07 bits per heavy atom. The zero-order valence-electron chi connectivity index (χ0n) is 16.3. The lowest BCUT2D eigenvalue weighted by Gasteiger charge is -2.45. The predicted molar refractivity (Wildman–Crippen MR) is 103 cm³/mol. The van der Waals surface area contributed by atoms with Crippen LogP contribution in [-0.2, 0) is 4.79 Å². The molecule has 4 heterocycles. The number of carbonyl (C=O) groups excluding carboxylic acids is 2. The van der Waals surface area contributed by atoms with Crippen LogP contribution in [0, 0.1) is 6.92 Å². The Bertz CT molecular complexity index is 689. The third-order valence-corrected chi connectivity index (χ3v) is 6.66. The maximum Gasteiger partial charge on any atom is 0.255 e. The van der Waals surface area contributed by atoms with Gasteiger partial charge in [-0.2, -0.15) is 0 Å². The molecule has 0 bridgehead atoms. The van der Waals surface area contributed by atoms with Gasteiger partial charge in [0.05, 0.1) is 5.56 Å². The van der Waals surface area contributed by atoms with Crippen LogP contribution in [0.5, 0.6) is 0 Å². The second-order valence-electron chi connectivity index (χ2n) is 8.30. The fourth-order valence-electron chi connectivity index (χ4n) is 4.91. The minimum atomic E-state index is -0.0287. The molecule has 27 heavy (non-hydrogen) atoms. The third-order valence-electron chi connectivity index (χ3n) is 6.66. The summed E-state index contributed by atoms with van der Waals surface area (Å²) in [6.45, 7) is 7.54. The minimum absolute atomic E-state index is 0.0287. The van der Waals surface area contributed by atoms with Crippen LogP contribution < -0.4 is 0 Å².